The normalized spacial score (nSPS) is 16.1. The summed E-state index contributed by atoms with van der Waals surface area (Å²) in [5.74, 6) is 0.100. The number of aromatic nitrogens is 1. The van der Waals surface area contributed by atoms with Crippen LogP contribution in [0.15, 0.2) is 47.1 Å². The van der Waals surface area contributed by atoms with Gasteiger partial charge in [0.05, 0.1) is 0 Å². The van der Waals surface area contributed by atoms with Crippen molar-refractivity contribution >= 4 is 21.8 Å². The molecule has 4 nitrogen and oxygen atoms in total. The monoisotopic (exact) mass is 347 g/mol. The first-order valence-electron chi connectivity index (χ1n) is 7.12. The maximum absolute atomic E-state index is 12.2. The Hall–Kier alpha value is -1.59. The molecule has 1 aliphatic rings. The Morgan fingerprint density at radius 2 is 1.81 bits per heavy atom. The zero-order chi connectivity index (χ0) is 14.7. The minimum absolute atomic E-state index is 0.100. The number of halogens is 1. The summed E-state index contributed by atoms with van der Waals surface area (Å²) in [5.41, 5.74) is 1.98. The average molecular weight is 348 g/mol. The molecule has 5 heteroatoms. The fourth-order valence-electron chi connectivity index (χ4n) is 2.59. The number of aromatic amines is 1. The van der Waals surface area contributed by atoms with E-state index in [-0.39, 0.29) is 5.91 Å². The lowest BCUT2D eigenvalue weighted by molar-refractivity contribution is 0.0623. The first-order valence-corrected chi connectivity index (χ1v) is 7.91. The van der Waals surface area contributed by atoms with Crippen molar-refractivity contribution in [1.29, 1.82) is 0 Å². The maximum atomic E-state index is 12.2. The van der Waals surface area contributed by atoms with Gasteiger partial charge in [0.2, 0.25) is 0 Å². The van der Waals surface area contributed by atoms with Gasteiger partial charge in [-0.3, -0.25) is 9.69 Å². The van der Waals surface area contributed by atoms with Crippen LogP contribution < -0.4 is 0 Å². The molecule has 0 unspecified atom stereocenters. The molecule has 0 spiro atoms. The van der Waals surface area contributed by atoms with E-state index in [2.05, 4.69) is 50.1 Å². The van der Waals surface area contributed by atoms with Crippen molar-refractivity contribution in [3.63, 3.8) is 0 Å². The lowest BCUT2D eigenvalue weighted by Crippen LogP contribution is -2.48. The number of carbonyl (C=O) groups excluding carboxylic acids is 1. The zero-order valence-corrected chi connectivity index (χ0v) is 13.3. The van der Waals surface area contributed by atoms with Gasteiger partial charge in [-0.25, -0.2) is 0 Å². The van der Waals surface area contributed by atoms with Crippen LogP contribution in [0.5, 0.6) is 0 Å². The molecule has 0 aliphatic carbocycles. The minimum Gasteiger partial charge on any atom is -0.357 e. The Morgan fingerprint density at radius 3 is 2.43 bits per heavy atom. The third-order valence-electron chi connectivity index (χ3n) is 3.81. The first kappa shape index (κ1) is 14.4. The summed E-state index contributed by atoms with van der Waals surface area (Å²) in [7, 11) is 0. The molecule has 2 aromatic rings. The molecule has 1 N–H and O–H groups in total. The lowest BCUT2D eigenvalue weighted by atomic mass is 10.2. The summed E-state index contributed by atoms with van der Waals surface area (Å²) in [5, 5.41) is 0. The van der Waals surface area contributed by atoms with Crippen LogP contribution in [0, 0.1) is 0 Å². The van der Waals surface area contributed by atoms with Gasteiger partial charge >= 0.3 is 0 Å². The van der Waals surface area contributed by atoms with Crippen LogP contribution in [0.2, 0.25) is 0 Å². The van der Waals surface area contributed by atoms with Gasteiger partial charge in [0, 0.05) is 43.4 Å². The molecule has 2 heterocycles. The molecule has 1 aliphatic heterocycles. The summed E-state index contributed by atoms with van der Waals surface area (Å²) < 4.78 is 1.10. The summed E-state index contributed by atoms with van der Waals surface area (Å²) in [4.78, 5) is 19.5. The van der Waals surface area contributed by atoms with Gasteiger partial charge < -0.3 is 9.88 Å². The molecule has 1 aromatic heterocycles. The van der Waals surface area contributed by atoms with E-state index in [1.165, 1.54) is 5.56 Å². The smallest absolute Gasteiger partial charge is 0.270 e. The Kier molecular flexibility index (Phi) is 4.41. The molecule has 21 heavy (non-hydrogen) atoms. The Bertz CT molecular complexity index is 586. The second-order valence-corrected chi connectivity index (χ2v) is 6.19. The van der Waals surface area contributed by atoms with Gasteiger partial charge in [0.1, 0.15) is 5.69 Å². The molecule has 1 fully saturated rings. The van der Waals surface area contributed by atoms with Crippen molar-refractivity contribution < 1.29 is 4.79 Å². The quantitative estimate of drug-likeness (QED) is 0.927. The van der Waals surface area contributed by atoms with E-state index < -0.39 is 0 Å². The van der Waals surface area contributed by atoms with Crippen molar-refractivity contribution in [2.24, 2.45) is 0 Å². The van der Waals surface area contributed by atoms with Gasteiger partial charge in [0.15, 0.2) is 0 Å². The molecule has 0 bridgehead atoms. The standard InChI is InChI=1S/C16H18BrN3O/c17-14-5-3-13(4-6-14)12-19-8-10-20(11-9-19)16(21)15-2-1-7-18-15/h1-7,18H,8-12H2. The van der Waals surface area contributed by atoms with Crippen molar-refractivity contribution in [3.05, 3.63) is 58.3 Å². The topological polar surface area (TPSA) is 39.3 Å². The van der Waals surface area contributed by atoms with Gasteiger partial charge in [-0.15, -0.1) is 0 Å². The number of nitrogens with zero attached hydrogens (tertiary/aromatic N) is 2. The number of nitrogens with one attached hydrogen (secondary N) is 1. The fraction of sp³-hybridized carbons (Fsp3) is 0.312. The predicted octanol–water partition coefficient (Wildman–Crippen LogP) is 2.74. The van der Waals surface area contributed by atoms with Crippen LogP contribution in [0.4, 0.5) is 0 Å². The predicted molar refractivity (Wildman–Crippen MR) is 86.1 cm³/mol. The number of rotatable bonds is 3. The lowest BCUT2D eigenvalue weighted by Gasteiger charge is -2.34. The summed E-state index contributed by atoms with van der Waals surface area (Å²) in [6, 6.07) is 12.1. The highest BCUT2D eigenvalue weighted by molar-refractivity contribution is 9.10. The fourth-order valence-corrected chi connectivity index (χ4v) is 2.86. The Balaban J connectivity index is 1.53. The largest absolute Gasteiger partial charge is 0.357 e. The second kappa shape index (κ2) is 6.45. The number of H-pyrrole nitrogens is 1. The number of piperazine rings is 1. The van der Waals surface area contributed by atoms with E-state index in [9.17, 15) is 4.79 Å². The number of carbonyl (C=O) groups is 1. The molecule has 1 amide bonds. The zero-order valence-electron chi connectivity index (χ0n) is 11.8. The minimum atomic E-state index is 0.100. The van der Waals surface area contributed by atoms with E-state index in [0.717, 1.165) is 37.2 Å². The number of amides is 1. The first-order chi connectivity index (χ1) is 10.2. The average Bonchev–Trinajstić information content (AvgIpc) is 3.04. The van der Waals surface area contributed by atoms with Crippen molar-refractivity contribution in [2.45, 2.75) is 6.54 Å². The summed E-state index contributed by atoms with van der Waals surface area (Å²) in [6.07, 6.45) is 1.79. The summed E-state index contributed by atoms with van der Waals surface area (Å²) in [6.45, 7) is 4.35. The van der Waals surface area contributed by atoms with Gasteiger partial charge in [-0.2, -0.15) is 0 Å². The van der Waals surface area contributed by atoms with Gasteiger partial charge in [-0.1, -0.05) is 28.1 Å². The second-order valence-electron chi connectivity index (χ2n) is 5.28. The van der Waals surface area contributed by atoms with Crippen LogP contribution in [0.3, 0.4) is 0 Å². The van der Waals surface area contributed by atoms with Crippen molar-refractivity contribution in [3.8, 4) is 0 Å². The number of hydrogen-bond acceptors (Lipinski definition) is 2. The van der Waals surface area contributed by atoms with Gasteiger partial charge in [-0.05, 0) is 29.8 Å². The summed E-state index contributed by atoms with van der Waals surface area (Å²) >= 11 is 3.45. The molecule has 1 aromatic carbocycles. The van der Waals surface area contributed by atoms with E-state index >= 15 is 0 Å². The van der Waals surface area contributed by atoms with E-state index in [1.54, 1.807) is 6.20 Å². The van der Waals surface area contributed by atoms with Crippen molar-refractivity contribution in [2.75, 3.05) is 26.2 Å². The molecule has 0 saturated carbocycles. The highest BCUT2D eigenvalue weighted by Crippen LogP contribution is 2.14. The highest BCUT2D eigenvalue weighted by Gasteiger charge is 2.22. The molecular formula is C16H18BrN3O. The Morgan fingerprint density at radius 1 is 1.10 bits per heavy atom. The highest BCUT2D eigenvalue weighted by atomic mass is 79.9. The molecular weight excluding hydrogens is 330 g/mol. The van der Waals surface area contributed by atoms with E-state index in [4.69, 9.17) is 0 Å². The molecule has 3 rings (SSSR count). The SMILES string of the molecule is O=C(c1ccc[nH]1)N1CCN(Cc2ccc(Br)cc2)CC1. The van der Waals surface area contributed by atoms with E-state index in [0.29, 0.717) is 5.69 Å². The Labute approximate surface area is 132 Å². The van der Waals surface area contributed by atoms with Crippen LogP contribution in [-0.2, 0) is 6.54 Å². The van der Waals surface area contributed by atoms with Crippen LogP contribution in [0.25, 0.3) is 0 Å². The van der Waals surface area contributed by atoms with Crippen molar-refractivity contribution in [1.82, 2.24) is 14.8 Å². The maximum Gasteiger partial charge on any atom is 0.270 e. The molecule has 1 saturated heterocycles. The van der Waals surface area contributed by atoms with Gasteiger partial charge in [0.25, 0.3) is 5.91 Å². The molecule has 0 atom stereocenters. The van der Waals surface area contributed by atoms with Crippen LogP contribution >= 0.6 is 15.9 Å². The molecule has 0 radical (unpaired) electrons. The third-order valence-corrected chi connectivity index (χ3v) is 4.34. The molecule has 110 valence electrons. The number of hydrogen-bond donors (Lipinski definition) is 1. The van der Waals surface area contributed by atoms with Crippen LogP contribution in [0.1, 0.15) is 16.1 Å². The van der Waals surface area contributed by atoms with Crippen LogP contribution in [-0.4, -0.2) is 46.9 Å². The van der Waals surface area contributed by atoms with E-state index in [1.807, 2.05) is 17.0 Å². The number of benzene rings is 1. The third kappa shape index (κ3) is 3.54.